The van der Waals surface area contributed by atoms with Crippen LogP contribution in [0.5, 0.6) is 0 Å². The number of ketones is 1. The predicted molar refractivity (Wildman–Crippen MR) is 150 cm³/mol. The van der Waals surface area contributed by atoms with Crippen LogP contribution in [0.25, 0.3) is 0 Å². The second kappa shape index (κ2) is 14.5. The molecule has 2 unspecified atom stereocenters. The number of unbranched alkanes of at least 4 members (excludes halogenated alkanes) is 1. The maximum atomic E-state index is 13.7. The molecule has 1 aliphatic carbocycles. The molecule has 0 aromatic carbocycles. The molecule has 8 N–H and O–H groups in total. The van der Waals surface area contributed by atoms with Gasteiger partial charge in [-0.1, -0.05) is 37.3 Å². The lowest BCUT2D eigenvalue weighted by Gasteiger charge is -2.30. The van der Waals surface area contributed by atoms with Crippen molar-refractivity contribution in [2.45, 2.75) is 108 Å². The van der Waals surface area contributed by atoms with E-state index in [1.165, 1.54) is 22.2 Å². The molecule has 3 rings (SSSR count). The number of aliphatic hydroxyl groups is 1. The molecule has 1 saturated carbocycles. The van der Waals surface area contributed by atoms with Crippen molar-refractivity contribution in [1.82, 2.24) is 30.5 Å². The van der Waals surface area contributed by atoms with Crippen molar-refractivity contribution in [2.75, 3.05) is 13.1 Å². The van der Waals surface area contributed by atoms with Gasteiger partial charge in [0.25, 0.3) is 5.91 Å². The van der Waals surface area contributed by atoms with Crippen LogP contribution < -0.4 is 22.1 Å². The Morgan fingerprint density at radius 2 is 1.83 bits per heavy atom. The summed E-state index contributed by atoms with van der Waals surface area (Å²) >= 11 is 0. The molecule has 2 fully saturated rings. The minimum Gasteiger partial charge on any atom is -0.465 e. The number of Topliss-reactive ketones (excluding diaryl/α,β-unsaturated/α-hetero) is 1. The van der Waals surface area contributed by atoms with Crippen LogP contribution >= 0.6 is 0 Å². The highest BCUT2D eigenvalue weighted by Crippen LogP contribution is 2.33. The zero-order chi connectivity index (χ0) is 31.0. The standard InChI is InChI=1S/C27H44N8O7/c1-27(2,42)21-14-31-33-35(21)17-13-20(34(15-17)25(39)18(28)12-16-8-4-3-5-9-16)24(38)32-19(22(36)23(29)37)10-6-7-11-30-26(40)41/h14,16-20,30,42H,3-13,15,28H2,1-2H3,(H2,29,37)(H,32,38)(H,40,41)/t17-,18?,19?,20-/m0/s1. The third-order valence-corrected chi connectivity index (χ3v) is 8.11. The number of amides is 4. The second-order valence-corrected chi connectivity index (χ2v) is 11.9. The molecule has 234 valence electrons. The van der Waals surface area contributed by atoms with Gasteiger partial charge in [0.15, 0.2) is 0 Å². The number of nitrogens with zero attached hydrogens (tertiary/aromatic N) is 4. The monoisotopic (exact) mass is 592 g/mol. The fourth-order valence-electron chi connectivity index (χ4n) is 5.91. The van der Waals surface area contributed by atoms with Crippen LogP contribution in [0.15, 0.2) is 6.20 Å². The smallest absolute Gasteiger partial charge is 0.404 e. The molecule has 2 heterocycles. The molecule has 1 aromatic rings. The van der Waals surface area contributed by atoms with Gasteiger partial charge in [0.1, 0.15) is 11.6 Å². The number of hydrogen-bond donors (Lipinski definition) is 6. The van der Waals surface area contributed by atoms with Crippen molar-refractivity contribution >= 4 is 29.6 Å². The first-order chi connectivity index (χ1) is 19.8. The molecule has 0 spiro atoms. The third kappa shape index (κ3) is 8.71. The average Bonchev–Trinajstić information content (AvgIpc) is 3.59. The lowest BCUT2D eigenvalue weighted by molar-refractivity contribution is -0.142. The Labute approximate surface area is 244 Å². The summed E-state index contributed by atoms with van der Waals surface area (Å²) in [7, 11) is 0. The van der Waals surface area contributed by atoms with Crippen molar-refractivity contribution in [3.05, 3.63) is 11.9 Å². The van der Waals surface area contributed by atoms with Crippen LogP contribution in [-0.4, -0.2) is 90.9 Å². The van der Waals surface area contributed by atoms with Crippen LogP contribution in [0, 0.1) is 5.92 Å². The maximum Gasteiger partial charge on any atom is 0.404 e. The molecule has 4 atom stereocenters. The van der Waals surface area contributed by atoms with E-state index in [1.54, 1.807) is 13.8 Å². The zero-order valence-electron chi connectivity index (χ0n) is 24.3. The van der Waals surface area contributed by atoms with E-state index in [1.807, 2.05) is 0 Å². The first-order valence-electron chi connectivity index (χ1n) is 14.6. The predicted octanol–water partition coefficient (Wildman–Crippen LogP) is -0.0777. The van der Waals surface area contributed by atoms with Gasteiger partial charge in [0.2, 0.25) is 17.6 Å². The first-order valence-corrected chi connectivity index (χ1v) is 14.6. The number of likely N-dealkylation sites (tertiary alicyclic amines) is 1. The summed E-state index contributed by atoms with van der Waals surface area (Å²) in [5, 5.41) is 32.2. The summed E-state index contributed by atoms with van der Waals surface area (Å²) in [6.07, 6.45) is 6.94. The molecule has 42 heavy (non-hydrogen) atoms. The highest BCUT2D eigenvalue weighted by molar-refractivity contribution is 6.37. The van der Waals surface area contributed by atoms with E-state index in [0.29, 0.717) is 30.9 Å². The molecule has 1 saturated heterocycles. The fourth-order valence-corrected chi connectivity index (χ4v) is 5.91. The first kappa shape index (κ1) is 32.9. The molecule has 1 aliphatic heterocycles. The van der Waals surface area contributed by atoms with Crippen LogP contribution in [0.4, 0.5) is 4.79 Å². The number of carboxylic acid groups (broad SMARTS) is 1. The Morgan fingerprint density at radius 1 is 1.14 bits per heavy atom. The molecule has 15 heteroatoms. The molecular weight excluding hydrogens is 548 g/mol. The van der Waals surface area contributed by atoms with E-state index in [9.17, 15) is 29.1 Å². The van der Waals surface area contributed by atoms with Crippen LogP contribution in [0.2, 0.25) is 0 Å². The SMILES string of the molecule is CC(C)(O)c1cnnn1[C@H]1C[C@@H](C(=O)NC(CCCCNC(=O)O)C(=O)C(N)=O)N(C(=O)C(N)CC2CCCCC2)C1. The van der Waals surface area contributed by atoms with E-state index in [0.717, 1.165) is 25.7 Å². The Hall–Kier alpha value is -3.59. The van der Waals surface area contributed by atoms with Gasteiger partial charge in [-0.25, -0.2) is 9.48 Å². The van der Waals surface area contributed by atoms with Crippen molar-refractivity contribution < 1.29 is 34.2 Å². The Kier molecular flexibility index (Phi) is 11.4. The van der Waals surface area contributed by atoms with Gasteiger partial charge in [-0.05, 0) is 45.4 Å². The van der Waals surface area contributed by atoms with Crippen LogP contribution in [0.1, 0.15) is 89.8 Å². The zero-order valence-corrected chi connectivity index (χ0v) is 24.3. The Bertz CT molecular complexity index is 1130. The van der Waals surface area contributed by atoms with Gasteiger partial charge in [-0.15, -0.1) is 5.10 Å². The number of carbonyl (C=O) groups is 5. The number of carbonyl (C=O) groups excluding carboxylic acids is 4. The van der Waals surface area contributed by atoms with Gasteiger partial charge in [-0.2, -0.15) is 0 Å². The van der Waals surface area contributed by atoms with E-state index < -0.39 is 59.4 Å². The number of aromatic nitrogens is 3. The third-order valence-electron chi connectivity index (χ3n) is 8.11. The number of nitrogens with two attached hydrogens (primary N) is 2. The van der Waals surface area contributed by atoms with E-state index in [2.05, 4.69) is 20.9 Å². The molecule has 1 aromatic heterocycles. The lowest BCUT2D eigenvalue weighted by atomic mass is 9.84. The quantitative estimate of drug-likeness (QED) is 0.124. The molecular formula is C27H44N8O7. The second-order valence-electron chi connectivity index (χ2n) is 11.9. The van der Waals surface area contributed by atoms with Gasteiger partial charge in [0, 0.05) is 19.5 Å². The highest BCUT2D eigenvalue weighted by Gasteiger charge is 2.44. The van der Waals surface area contributed by atoms with Gasteiger partial charge in [0.05, 0.1) is 30.0 Å². The summed E-state index contributed by atoms with van der Waals surface area (Å²) in [6.45, 7) is 3.37. The number of hydrogen-bond acceptors (Lipinski definition) is 9. The largest absolute Gasteiger partial charge is 0.465 e. The number of rotatable bonds is 14. The molecule has 4 amide bonds. The average molecular weight is 593 g/mol. The van der Waals surface area contributed by atoms with Gasteiger partial charge in [-0.3, -0.25) is 19.2 Å². The summed E-state index contributed by atoms with van der Waals surface area (Å²) in [6, 6.07) is -3.61. The molecule has 2 aliphatic rings. The van der Waals surface area contributed by atoms with Crippen LogP contribution in [0.3, 0.4) is 0 Å². The van der Waals surface area contributed by atoms with Crippen LogP contribution in [-0.2, 0) is 24.8 Å². The summed E-state index contributed by atoms with van der Waals surface area (Å²) in [5.74, 6) is -2.92. The molecule has 0 radical (unpaired) electrons. The van der Waals surface area contributed by atoms with Crippen molar-refractivity contribution in [3.8, 4) is 0 Å². The Morgan fingerprint density at radius 3 is 2.45 bits per heavy atom. The summed E-state index contributed by atoms with van der Waals surface area (Å²) in [5.41, 5.74) is 10.7. The minimum absolute atomic E-state index is 0.0476. The minimum atomic E-state index is -1.29. The lowest BCUT2D eigenvalue weighted by Crippen LogP contribution is -2.55. The Balaban J connectivity index is 1.80. The number of primary amides is 1. The number of nitrogens with one attached hydrogen (secondary N) is 2. The normalized spacial score (nSPS) is 21.0. The van der Waals surface area contributed by atoms with Crippen molar-refractivity contribution in [1.29, 1.82) is 0 Å². The van der Waals surface area contributed by atoms with Gasteiger partial charge < -0.3 is 37.2 Å². The van der Waals surface area contributed by atoms with Gasteiger partial charge >= 0.3 is 6.09 Å². The fraction of sp³-hybridized carbons (Fsp3) is 0.741. The van der Waals surface area contributed by atoms with Crippen molar-refractivity contribution in [2.24, 2.45) is 17.4 Å². The van der Waals surface area contributed by atoms with E-state index in [-0.39, 0.29) is 25.9 Å². The highest BCUT2D eigenvalue weighted by atomic mass is 16.4. The topological polar surface area (TPSA) is 236 Å². The summed E-state index contributed by atoms with van der Waals surface area (Å²) < 4.78 is 1.50. The van der Waals surface area contributed by atoms with E-state index in [4.69, 9.17) is 16.6 Å². The van der Waals surface area contributed by atoms with Crippen molar-refractivity contribution in [3.63, 3.8) is 0 Å². The summed E-state index contributed by atoms with van der Waals surface area (Å²) in [4.78, 5) is 63.7. The molecule has 0 bridgehead atoms. The molecule has 15 nitrogen and oxygen atoms in total. The van der Waals surface area contributed by atoms with E-state index >= 15 is 0 Å². The maximum absolute atomic E-state index is 13.7.